The van der Waals surface area contributed by atoms with E-state index in [1.807, 2.05) is 12.1 Å². The molecule has 34 heavy (non-hydrogen) atoms. The molecule has 3 aromatic rings. The lowest BCUT2D eigenvalue weighted by molar-refractivity contribution is 0.110. The lowest BCUT2D eigenvalue weighted by Crippen LogP contribution is -2.41. The van der Waals surface area contributed by atoms with E-state index in [0.717, 1.165) is 11.1 Å². The highest BCUT2D eigenvalue weighted by Crippen LogP contribution is 2.36. The molecular weight excluding hydrogens is 485 g/mol. The van der Waals surface area contributed by atoms with Crippen molar-refractivity contribution in [2.75, 3.05) is 6.73 Å². The first kappa shape index (κ1) is 24.1. The predicted octanol–water partition coefficient (Wildman–Crippen LogP) is 2.85. The fourth-order valence-corrected chi connectivity index (χ4v) is 3.63. The van der Waals surface area contributed by atoms with Gasteiger partial charge in [0.25, 0.3) is 0 Å². The van der Waals surface area contributed by atoms with Crippen molar-refractivity contribution in [1.82, 2.24) is 20.0 Å². The van der Waals surface area contributed by atoms with E-state index >= 15 is 0 Å². The number of hydrogen-bond acceptors (Lipinski definition) is 9. The van der Waals surface area contributed by atoms with E-state index in [1.54, 1.807) is 48.9 Å². The normalized spacial score (nSPS) is 15.9. The lowest BCUT2D eigenvalue weighted by atomic mass is 10.1. The molecule has 0 saturated carbocycles. The standard InChI is InChI=1S/C21H21ClN5O6P/c22-19-9-15(5-6-24-19)12-31-20-4-3-14(11-25-20)8-16-10-18(33-26-16)17-2-1-7-27(21(17)23)13-32-34(28,29)30/h1-7,9-11,21H,8,12-13,23H2,(H2,28,29,30). The number of halogens is 1. The minimum Gasteiger partial charge on any atom is -0.473 e. The molecule has 178 valence electrons. The monoisotopic (exact) mass is 505 g/mol. The van der Waals surface area contributed by atoms with Gasteiger partial charge < -0.3 is 29.7 Å². The molecule has 0 radical (unpaired) electrons. The molecule has 1 aliphatic heterocycles. The van der Waals surface area contributed by atoms with E-state index in [2.05, 4.69) is 19.6 Å². The quantitative estimate of drug-likeness (QED) is 0.290. The maximum Gasteiger partial charge on any atom is 0.471 e. The number of aromatic nitrogens is 3. The Morgan fingerprint density at radius 3 is 2.79 bits per heavy atom. The number of rotatable bonds is 9. The largest absolute Gasteiger partial charge is 0.473 e. The first-order chi connectivity index (χ1) is 16.3. The van der Waals surface area contributed by atoms with Crippen LogP contribution >= 0.6 is 19.4 Å². The smallest absolute Gasteiger partial charge is 0.471 e. The van der Waals surface area contributed by atoms with Crippen molar-refractivity contribution in [2.45, 2.75) is 19.2 Å². The number of ether oxygens (including phenoxy) is 1. The van der Waals surface area contributed by atoms with Crippen LogP contribution in [-0.2, 0) is 22.1 Å². The Labute approximate surface area is 199 Å². The Bertz CT molecular complexity index is 1240. The van der Waals surface area contributed by atoms with Crippen molar-refractivity contribution >= 4 is 25.0 Å². The van der Waals surface area contributed by atoms with Crippen LogP contribution in [0.1, 0.15) is 22.6 Å². The maximum absolute atomic E-state index is 11.0. The minimum atomic E-state index is -4.62. The van der Waals surface area contributed by atoms with Crippen LogP contribution in [0.5, 0.6) is 5.88 Å². The van der Waals surface area contributed by atoms with E-state index in [9.17, 15) is 4.57 Å². The van der Waals surface area contributed by atoms with Gasteiger partial charge in [-0.3, -0.25) is 4.52 Å². The van der Waals surface area contributed by atoms with Crippen LogP contribution in [0.4, 0.5) is 0 Å². The van der Waals surface area contributed by atoms with Gasteiger partial charge in [-0.25, -0.2) is 14.5 Å². The second kappa shape index (κ2) is 10.5. The summed E-state index contributed by atoms with van der Waals surface area (Å²) in [6.07, 6.45) is 8.03. The summed E-state index contributed by atoms with van der Waals surface area (Å²) in [6.45, 7) is -0.0597. The van der Waals surface area contributed by atoms with E-state index in [-0.39, 0.29) is 6.73 Å². The molecule has 1 unspecified atom stereocenters. The highest BCUT2D eigenvalue weighted by atomic mass is 35.5. The molecule has 0 fully saturated rings. The zero-order valence-corrected chi connectivity index (χ0v) is 19.3. The molecule has 0 spiro atoms. The fourth-order valence-electron chi connectivity index (χ4n) is 3.15. The Morgan fingerprint density at radius 1 is 1.21 bits per heavy atom. The van der Waals surface area contributed by atoms with Crippen LogP contribution in [-0.4, -0.2) is 42.7 Å². The number of allylic oxidation sites excluding steroid dienone is 2. The number of phosphoric acid groups is 1. The molecular formula is C21H21ClN5O6P. The van der Waals surface area contributed by atoms with E-state index in [0.29, 0.717) is 41.1 Å². The van der Waals surface area contributed by atoms with Gasteiger partial charge >= 0.3 is 7.82 Å². The van der Waals surface area contributed by atoms with E-state index < -0.39 is 14.0 Å². The SMILES string of the molecule is NC1C(c2cc(Cc3ccc(OCc4ccnc(Cl)c4)nc3)no2)=CC=CN1COP(=O)(O)O. The van der Waals surface area contributed by atoms with Crippen LogP contribution in [0.15, 0.2) is 65.6 Å². The molecule has 0 bridgehead atoms. The van der Waals surface area contributed by atoms with Crippen molar-refractivity contribution < 1.29 is 28.1 Å². The molecule has 3 aromatic heterocycles. The number of nitrogens with zero attached hydrogens (tertiary/aromatic N) is 4. The summed E-state index contributed by atoms with van der Waals surface area (Å²) in [5, 5.41) is 4.49. The first-order valence-corrected chi connectivity index (χ1v) is 11.9. The van der Waals surface area contributed by atoms with Gasteiger partial charge in [0.1, 0.15) is 24.7 Å². The Hall–Kier alpha value is -3.05. The third-order valence-electron chi connectivity index (χ3n) is 4.81. The Balaban J connectivity index is 1.35. The zero-order chi connectivity index (χ0) is 24.1. The van der Waals surface area contributed by atoms with Gasteiger partial charge in [0, 0.05) is 42.7 Å². The van der Waals surface area contributed by atoms with Gasteiger partial charge in [0.15, 0.2) is 5.76 Å². The Kier molecular flexibility index (Phi) is 7.42. The fraction of sp³-hybridized carbons (Fsp3) is 0.190. The third kappa shape index (κ3) is 6.51. The molecule has 11 nitrogen and oxygen atoms in total. The predicted molar refractivity (Wildman–Crippen MR) is 122 cm³/mol. The molecule has 1 atom stereocenters. The number of pyridine rings is 2. The minimum absolute atomic E-state index is 0.321. The topological polar surface area (TPSA) is 157 Å². The van der Waals surface area contributed by atoms with E-state index in [4.69, 9.17) is 36.4 Å². The number of phosphoric ester groups is 1. The molecule has 0 saturated heterocycles. The van der Waals surface area contributed by atoms with Gasteiger partial charge in [0.2, 0.25) is 5.88 Å². The van der Waals surface area contributed by atoms with Crippen molar-refractivity contribution in [1.29, 1.82) is 0 Å². The van der Waals surface area contributed by atoms with Crippen LogP contribution < -0.4 is 10.5 Å². The molecule has 4 N–H and O–H groups in total. The number of nitrogens with two attached hydrogens (primary N) is 1. The molecule has 13 heteroatoms. The zero-order valence-electron chi connectivity index (χ0n) is 17.7. The van der Waals surface area contributed by atoms with E-state index in [1.165, 1.54) is 4.90 Å². The van der Waals surface area contributed by atoms with Gasteiger partial charge in [-0.1, -0.05) is 28.9 Å². The van der Waals surface area contributed by atoms with Gasteiger partial charge in [-0.2, -0.15) is 0 Å². The van der Waals surface area contributed by atoms with Crippen molar-refractivity contribution in [3.05, 3.63) is 88.8 Å². The van der Waals surface area contributed by atoms with Crippen LogP contribution in [0, 0.1) is 0 Å². The summed E-state index contributed by atoms with van der Waals surface area (Å²) >= 11 is 5.88. The lowest BCUT2D eigenvalue weighted by Gasteiger charge is -2.30. The molecule has 1 aliphatic rings. The molecule has 0 amide bonds. The summed E-state index contributed by atoms with van der Waals surface area (Å²) in [7, 11) is -4.62. The summed E-state index contributed by atoms with van der Waals surface area (Å²) < 4.78 is 26.6. The van der Waals surface area contributed by atoms with Crippen LogP contribution in [0.2, 0.25) is 5.15 Å². The highest BCUT2D eigenvalue weighted by Gasteiger charge is 2.25. The average molecular weight is 506 g/mol. The molecule has 4 heterocycles. The second-order valence-corrected chi connectivity index (χ2v) is 8.94. The molecule has 0 aliphatic carbocycles. The summed E-state index contributed by atoms with van der Waals surface area (Å²) in [4.78, 5) is 27.5. The van der Waals surface area contributed by atoms with Crippen molar-refractivity contribution in [3.8, 4) is 5.88 Å². The summed E-state index contributed by atoms with van der Waals surface area (Å²) in [6, 6.07) is 8.94. The summed E-state index contributed by atoms with van der Waals surface area (Å²) in [5.41, 5.74) is 9.24. The maximum atomic E-state index is 11.0. The van der Waals surface area contributed by atoms with Crippen LogP contribution in [0.25, 0.3) is 5.57 Å². The Morgan fingerprint density at radius 2 is 2.06 bits per heavy atom. The average Bonchev–Trinajstić information content (AvgIpc) is 3.25. The highest BCUT2D eigenvalue weighted by molar-refractivity contribution is 7.46. The summed E-state index contributed by atoms with van der Waals surface area (Å²) in [5.74, 6) is 0.914. The van der Waals surface area contributed by atoms with Crippen molar-refractivity contribution in [3.63, 3.8) is 0 Å². The van der Waals surface area contributed by atoms with Gasteiger partial charge in [0.05, 0.1) is 5.69 Å². The third-order valence-corrected chi connectivity index (χ3v) is 5.47. The number of hydrogen-bond donors (Lipinski definition) is 3. The van der Waals surface area contributed by atoms with Crippen molar-refractivity contribution in [2.24, 2.45) is 5.73 Å². The molecule has 0 aromatic carbocycles. The molecule has 4 rings (SSSR count). The second-order valence-electron chi connectivity index (χ2n) is 7.31. The van der Waals surface area contributed by atoms with Gasteiger partial charge in [-0.05, 0) is 29.3 Å². The first-order valence-electron chi connectivity index (χ1n) is 10.0. The van der Waals surface area contributed by atoms with Crippen LogP contribution in [0.3, 0.4) is 0 Å². The van der Waals surface area contributed by atoms with Gasteiger partial charge in [-0.15, -0.1) is 0 Å².